The van der Waals surface area contributed by atoms with Crippen molar-refractivity contribution in [1.82, 2.24) is 10.4 Å². The molecule has 2 aliphatic heterocycles. The van der Waals surface area contributed by atoms with Gasteiger partial charge in [-0.05, 0) is 48.1 Å². The van der Waals surface area contributed by atoms with Gasteiger partial charge in [-0.2, -0.15) is 13.4 Å². The highest BCUT2D eigenvalue weighted by Gasteiger charge is 2.36. The van der Waals surface area contributed by atoms with Crippen LogP contribution in [0, 0.1) is 0 Å². The van der Waals surface area contributed by atoms with Gasteiger partial charge in [-0.15, -0.1) is 4.40 Å². The van der Waals surface area contributed by atoms with Gasteiger partial charge < -0.3 is 10.5 Å². The fourth-order valence-electron chi connectivity index (χ4n) is 2.88. The summed E-state index contributed by atoms with van der Waals surface area (Å²) >= 11 is 6.41. The number of amidine groups is 1. The van der Waals surface area contributed by atoms with Crippen LogP contribution in [0.1, 0.15) is 11.1 Å². The van der Waals surface area contributed by atoms with E-state index in [4.69, 9.17) is 22.7 Å². The van der Waals surface area contributed by atoms with Crippen LogP contribution < -0.4 is 15.9 Å². The number of hydrogen-bond acceptors (Lipinski definition) is 8. The van der Waals surface area contributed by atoms with Gasteiger partial charge in [0.25, 0.3) is 15.9 Å². The molecule has 0 radical (unpaired) electrons. The minimum atomic E-state index is -3.81. The van der Waals surface area contributed by atoms with E-state index in [1.807, 2.05) is 12.1 Å². The second kappa shape index (κ2) is 8.19. The minimum absolute atomic E-state index is 0.0559. The molecule has 2 heterocycles. The number of hydrazine groups is 1. The Morgan fingerprint density at radius 3 is 2.83 bits per heavy atom. The van der Waals surface area contributed by atoms with Gasteiger partial charge >= 0.3 is 0 Å². The molecule has 1 fully saturated rings. The summed E-state index contributed by atoms with van der Waals surface area (Å²) in [5, 5.41) is 1.12. The Hall–Kier alpha value is -2.73. The van der Waals surface area contributed by atoms with E-state index in [-0.39, 0.29) is 15.1 Å². The van der Waals surface area contributed by atoms with Gasteiger partial charge in [0.1, 0.15) is 17.3 Å². The Labute approximate surface area is 182 Å². The molecule has 0 spiro atoms. The molecule has 0 saturated carbocycles. The number of nitrogens with zero attached hydrogens (tertiary/aromatic N) is 2. The number of ether oxygens (including phenoxy) is 1. The summed E-state index contributed by atoms with van der Waals surface area (Å²) in [6, 6.07) is 13.6. The maximum atomic E-state index is 12.9. The molecular weight excluding hydrogens is 444 g/mol. The molecule has 1 amide bonds. The number of sulfonamides is 1. The average molecular weight is 461 g/mol. The quantitative estimate of drug-likeness (QED) is 0.514. The number of fused-ring (bicyclic) bond motifs is 1. The highest BCUT2D eigenvalue weighted by Crippen LogP contribution is 2.33. The van der Waals surface area contributed by atoms with Crippen molar-refractivity contribution >= 4 is 56.1 Å². The number of benzene rings is 2. The smallest absolute Gasteiger partial charge is 0.285 e. The van der Waals surface area contributed by atoms with Crippen molar-refractivity contribution < 1.29 is 17.9 Å². The molecule has 30 heavy (non-hydrogen) atoms. The van der Waals surface area contributed by atoms with Crippen molar-refractivity contribution in [3.8, 4) is 5.75 Å². The summed E-state index contributed by atoms with van der Waals surface area (Å²) in [5.74, 6) is 0.299. The van der Waals surface area contributed by atoms with Crippen LogP contribution >= 0.6 is 24.0 Å². The minimum Gasteiger partial charge on any atom is -0.492 e. The Morgan fingerprint density at radius 2 is 2.03 bits per heavy atom. The normalized spacial score (nSPS) is 18.5. The first-order valence-electron chi connectivity index (χ1n) is 8.81. The number of hydrogen-bond donors (Lipinski definition) is 2. The maximum absolute atomic E-state index is 12.9. The van der Waals surface area contributed by atoms with Gasteiger partial charge in [-0.1, -0.05) is 36.0 Å². The molecule has 1 saturated heterocycles. The van der Waals surface area contributed by atoms with E-state index in [2.05, 4.69) is 9.82 Å². The molecule has 0 bridgehead atoms. The summed E-state index contributed by atoms with van der Waals surface area (Å²) < 4.78 is 33.9. The summed E-state index contributed by atoms with van der Waals surface area (Å²) in [7, 11) is -3.81. The maximum Gasteiger partial charge on any atom is 0.285 e. The first kappa shape index (κ1) is 20.5. The molecule has 0 unspecified atom stereocenters. The van der Waals surface area contributed by atoms with Crippen LogP contribution in [0.2, 0.25) is 0 Å². The fourth-order valence-corrected chi connectivity index (χ4v) is 5.23. The zero-order chi connectivity index (χ0) is 21.3. The van der Waals surface area contributed by atoms with E-state index in [9.17, 15) is 13.2 Å². The second-order valence-electron chi connectivity index (χ2n) is 6.25. The summed E-state index contributed by atoms with van der Waals surface area (Å²) in [6.07, 6.45) is 1.69. The van der Waals surface area contributed by atoms with Gasteiger partial charge in [-0.25, -0.2) is 0 Å². The lowest BCUT2D eigenvalue weighted by Crippen LogP contribution is -2.44. The van der Waals surface area contributed by atoms with Gasteiger partial charge in [0.05, 0.1) is 4.91 Å². The van der Waals surface area contributed by atoms with Gasteiger partial charge in [0, 0.05) is 12.1 Å². The Kier molecular flexibility index (Phi) is 5.60. The fraction of sp³-hybridized carbons (Fsp3) is 0.105. The Balaban J connectivity index is 1.56. The summed E-state index contributed by atoms with van der Waals surface area (Å²) in [4.78, 5) is 13.3. The van der Waals surface area contributed by atoms with Crippen molar-refractivity contribution in [2.75, 3.05) is 13.2 Å². The van der Waals surface area contributed by atoms with Crippen LogP contribution in [0.5, 0.6) is 5.75 Å². The number of amides is 1. The molecule has 2 aliphatic rings. The Bertz CT molecular complexity index is 1210. The lowest BCUT2D eigenvalue weighted by Gasteiger charge is -2.16. The highest BCUT2D eigenvalue weighted by molar-refractivity contribution is 8.26. The van der Waals surface area contributed by atoms with Crippen LogP contribution in [0.4, 0.5) is 0 Å². The van der Waals surface area contributed by atoms with Crippen molar-refractivity contribution in [3.63, 3.8) is 0 Å². The third-order valence-corrected chi connectivity index (χ3v) is 6.82. The van der Waals surface area contributed by atoms with Crippen molar-refractivity contribution in [2.24, 2.45) is 10.1 Å². The number of nitrogens with two attached hydrogens (primary N) is 1. The monoisotopic (exact) mass is 460 g/mol. The number of thioether (sulfide) groups is 1. The molecule has 2 aromatic rings. The molecule has 8 nitrogen and oxygen atoms in total. The first-order valence-corrected chi connectivity index (χ1v) is 11.5. The number of rotatable bonds is 5. The number of thiocarbonyl (C=S) groups is 1. The van der Waals surface area contributed by atoms with Crippen molar-refractivity contribution in [2.45, 2.75) is 4.90 Å². The van der Waals surface area contributed by atoms with Crippen molar-refractivity contribution in [1.29, 1.82) is 0 Å². The zero-order valence-corrected chi connectivity index (χ0v) is 17.9. The topological polar surface area (TPSA) is 114 Å². The Morgan fingerprint density at radius 1 is 1.23 bits per heavy atom. The molecule has 11 heteroatoms. The number of carbonyl (C=O) groups is 1. The first-order chi connectivity index (χ1) is 14.4. The predicted molar refractivity (Wildman–Crippen MR) is 119 cm³/mol. The van der Waals surface area contributed by atoms with E-state index >= 15 is 0 Å². The summed E-state index contributed by atoms with van der Waals surface area (Å²) in [6.45, 7) is 0.791. The lowest BCUT2D eigenvalue weighted by molar-refractivity contribution is -0.123. The third-order valence-electron chi connectivity index (χ3n) is 4.19. The van der Waals surface area contributed by atoms with E-state index in [0.717, 1.165) is 22.3 Å². The molecule has 2 aromatic carbocycles. The molecule has 0 atom stereocenters. The average Bonchev–Trinajstić information content (AvgIpc) is 3.14. The molecule has 0 aliphatic carbocycles. The highest BCUT2D eigenvalue weighted by atomic mass is 32.2. The number of nitrogens with one attached hydrogen (secondary N) is 1. The predicted octanol–water partition coefficient (Wildman–Crippen LogP) is 1.88. The molecule has 4 rings (SSSR count). The molecular formula is C19H16N4O4S3. The number of carbonyl (C=O) groups excluding carboxylic acids is 1. The second-order valence-corrected chi connectivity index (χ2v) is 9.50. The van der Waals surface area contributed by atoms with E-state index < -0.39 is 15.9 Å². The van der Waals surface area contributed by atoms with E-state index in [0.29, 0.717) is 29.4 Å². The van der Waals surface area contributed by atoms with Crippen LogP contribution in [0.3, 0.4) is 0 Å². The van der Waals surface area contributed by atoms with Crippen molar-refractivity contribution in [3.05, 3.63) is 64.6 Å². The molecule has 3 N–H and O–H groups in total. The van der Waals surface area contributed by atoms with Gasteiger partial charge in [0.2, 0.25) is 0 Å². The van der Waals surface area contributed by atoms with Crippen LogP contribution in [-0.4, -0.2) is 42.6 Å². The molecule has 154 valence electrons. The standard InChI is InChI=1S/C19H16N4O4S3/c20-8-9-27-13-5-3-4-12(10-13)11-15-18(24)23(19(28)29-15)21-17-14-6-1-2-7-16(14)30(25,26)22-17/h1-7,10-11H,8-9,20H2,(H,21,22)/b15-11-. The van der Waals surface area contributed by atoms with Gasteiger partial charge in [-0.3, -0.25) is 10.2 Å². The van der Waals surface area contributed by atoms with E-state index in [1.54, 1.807) is 36.4 Å². The third kappa shape index (κ3) is 3.97. The zero-order valence-electron chi connectivity index (χ0n) is 15.4. The molecule has 0 aromatic heterocycles. The SMILES string of the molecule is NCCOc1cccc(/C=C2\SC(=S)N(NC3=NS(=O)(=O)c4ccccc43)C2=O)c1. The van der Waals surface area contributed by atoms with Gasteiger partial charge in [0.15, 0.2) is 10.2 Å². The van der Waals surface area contributed by atoms with Crippen LogP contribution in [-0.2, 0) is 14.8 Å². The van der Waals surface area contributed by atoms with E-state index in [1.165, 1.54) is 6.07 Å². The lowest BCUT2D eigenvalue weighted by atomic mass is 10.2. The largest absolute Gasteiger partial charge is 0.492 e. The van der Waals surface area contributed by atoms with Crippen LogP contribution in [0.15, 0.2) is 62.7 Å². The van der Waals surface area contributed by atoms with Crippen LogP contribution in [0.25, 0.3) is 6.08 Å². The summed E-state index contributed by atoms with van der Waals surface area (Å²) in [5.41, 5.74) is 9.36.